The highest BCUT2D eigenvalue weighted by Gasteiger charge is 2.17. The third-order valence-electron chi connectivity index (χ3n) is 4.04. The maximum absolute atomic E-state index is 11.7. The van der Waals surface area contributed by atoms with Crippen molar-refractivity contribution in [1.82, 2.24) is 14.8 Å². The van der Waals surface area contributed by atoms with Gasteiger partial charge in [-0.3, -0.25) is 9.36 Å². The van der Waals surface area contributed by atoms with E-state index in [0.717, 1.165) is 17.1 Å². The zero-order chi connectivity index (χ0) is 18.5. The van der Waals surface area contributed by atoms with Crippen molar-refractivity contribution >= 4 is 17.7 Å². The maximum atomic E-state index is 11.7. The van der Waals surface area contributed by atoms with E-state index in [1.807, 2.05) is 41.0 Å². The molecule has 0 bridgehead atoms. The van der Waals surface area contributed by atoms with Crippen LogP contribution in [0.3, 0.4) is 0 Å². The largest absolute Gasteiger partial charge is 0.465 e. The summed E-state index contributed by atoms with van der Waals surface area (Å²) >= 11 is 1.33. The number of nitrogens with zero attached hydrogens (tertiary/aromatic N) is 3. The van der Waals surface area contributed by atoms with Gasteiger partial charge >= 0.3 is 5.97 Å². The minimum absolute atomic E-state index is 0.200. The maximum Gasteiger partial charge on any atom is 0.316 e. The molecule has 0 aliphatic rings. The molecule has 0 aliphatic heterocycles. The van der Waals surface area contributed by atoms with E-state index < -0.39 is 0 Å². The summed E-state index contributed by atoms with van der Waals surface area (Å²) in [5, 5.41) is 9.37. The zero-order valence-electron chi connectivity index (χ0n) is 15.1. The van der Waals surface area contributed by atoms with Gasteiger partial charge in [0, 0.05) is 5.56 Å². The number of hydrogen-bond acceptors (Lipinski definition) is 5. The van der Waals surface area contributed by atoms with Crippen molar-refractivity contribution in [2.75, 3.05) is 12.4 Å². The second kappa shape index (κ2) is 8.19. The second-order valence-electron chi connectivity index (χ2n) is 5.87. The molecule has 0 fully saturated rings. The van der Waals surface area contributed by atoms with Crippen molar-refractivity contribution in [1.29, 1.82) is 0 Å². The fourth-order valence-corrected chi connectivity index (χ4v) is 3.31. The van der Waals surface area contributed by atoms with Crippen molar-refractivity contribution in [3.05, 3.63) is 59.7 Å². The minimum Gasteiger partial charge on any atom is -0.465 e. The molecule has 0 aliphatic carbocycles. The first-order valence-corrected chi connectivity index (χ1v) is 9.45. The van der Waals surface area contributed by atoms with Crippen LogP contribution in [0.15, 0.2) is 53.7 Å². The molecule has 0 spiro atoms. The van der Waals surface area contributed by atoms with Crippen LogP contribution in [0.25, 0.3) is 17.1 Å². The minimum atomic E-state index is -0.256. The second-order valence-corrected chi connectivity index (χ2v) is 6.81. The van der Waals surface area contributed by atoms with Crippen molar-refractivity contribution in [3.8, 4) is 17.1 Å². The Morgan fingerprint density at radius 1 is 1.08 bits per heavy atom. The van der Waals surface area contributed by atoms with Crippen LogP contribution >= 0.6 is 11.8 Å². The summed E-state index contributed by atoms with van der Waals surface area (Å²) in [7, 11) is 0. The summed E-state index contributed by atoms with van der Waals surface area (Å²) in [6.07, 6.45) is 0. The molecule has 0 amide bonds. The lowest BCUT2D eigenvalue weighted by atomic mass is 10.1. The molecular weight excluding hydrogens is 346 g/mol. The Morgan fingerprint density at radius 2 is 1.85 bits per heavy atom. The van der Waals surface area contributed by atoms with Gasteiger partial charge in [-0.1, -0.05) is 48.2 Å². The Morgan fingerprint density at radius 3 is 2.54 bits per heavy atom. The van der Waals surface area contributed by atoms with Gasteiger partial charge in [0.2, 0.25) is 0 Å². The Kier molecular flexibility index (Phi) is 5.73. The molecular formula is C20H21N3O2S. The van der Waals surface area contributed by atoms with Gasteiger partial charge in [-0.25, -0.2) is 0 Å². The Labute approximate surface area is 157 Å². The number of aryl methyl sites for hydroxylation is 2. The normalized spacial score (nSPS) is 10.7. The van der Waals surface area contributed by atoms with Gasteiger partial charge in [0.1, 0.15) is 0 Å². The van der Waals surface area contributed by atoms with Gasteiger partial charge < -0.3 is 4.74 Å². The molecule has 3 aromatic rings. The van der Waals surface area contributed by atoms with Crippen LogP contribution in [0.4, 0.5) is 0 Å². The van der Waals surface area contributed by atoms with E-state index in [2.05, 4.69) is 36.2 Å². The number of rotatable bonds is 6. The van der Waals surface area contributed by atoms with Crippen LogP contribution in [0.2, 0.25) is 0 Å². The van der Waals surface area contributed by atoms with Crippen LogP contribution in [0.5, 0.6) is 0 Å². The van der Waals surface area contributed by atoms with Gasteiger partial charge in [-0.2, -0.15) is 0 Å². The van der Waals surface area contributed by atoms with Crippen molar-refractivity contribution in [2.45, 2.75) is 25.9 Å². The Balaban J connectivity index is 2.03. The topological polar surface area (TPSA) is 57.0 Å². The Bertz CT molecular complexity index is 907. The molecule has 0 N–H and O–H groups in total. The third kappa shape index (κ3) is 3.96. The molecule has 5 nitrogen and oxygen atoms in total. The number of ether oxygens (including phenoxy) is 1. The molecule has 0 saturated heterocycles. The summed E-state index contributed by atoms with van der Waals surface area (Å²) in [5.74, 6) is 0.694. The number of thioether (sulfide) groups is 1. The average Bonchev–Trinajstić information content (AvgIpc) is 3.07. The molecule has 0 radical (unpaired) electrons. The summed E-state index contributed by atoms with van der Waals surface area (Å²) < 4.78 is 7.01. The quantitative estimate of drug-likeness (QED) is 0.483. The number of aromatic nitrogens is 3. The van der Waals surface area contributed by atoms with E-state index in [-0.39, 0.29) is 11.7 Å². The summed E-state index contributed by atoms with van der Waals surface area (Å²) in [4.78, 5) is 11.7. The summed E-state index contributed by atoms with van der Waals surface area (Å²) in [6.45, 7) is 6.34. The van der Waals surface area contributed by atoms with Gasteiger partial charge in [0.15, 0.2) is 11.0 Å². The molecule has 0 atom stereocenters. The fraction of sp³-hybridized carbons (Fsp3) is 0.250. The van der Waals surface area contributed by atoms with Crippen LogP contribution in [0.1, 0.15) is 18.1 Å². The highest BCUT2D eigenvalue weighted by atomic mass is 32.2. The van der Waals surface area contributed by atoms with Gasteiger partial charge in [0.25, 0.3) is 0 Å². The van der Waals surface area contributed by atoms with E-state index in [1.165, 1.54) is 22.9 Å². The SMILES string of the molecule is CCOC(=O)CSc1nnc(-c2ccccc2)n1-c1ccc(C)c(C)c1. The van der Waals surface area contributed by atoms with Crippen LogP contribution in [0, 0.1) is 13.8 Å². The molecule has 6 heteroatoms. The van der Waals surface area contributed by atoms with Gasteiger partial charge in [-0.05, 0) is 44.0 Å². The first kappa shape index (κ1) is 18.2. The monoisotopic (exact) mass is 367 g/mol. The predicted molar refractivity (Wildman–Crippen MR) is 104 cm³/mol. The lowest BCUT2D eigenvalue weighted by Gasteiger charge is -2.12. The Hall–Kier alpha value is -2.60. The molecule has 134 valence electrons. The number of carbonyl (C=O) groups is 1. The number of carbonyl (C=O) groups excluding carboxylic acids is 1. The molecule has 0 unspecified atom stereocenters. The van der Waals surface area contributed by atoms with E-state index in [4.69, 9.17) is 4.74 Å². The fourth-order valence-electron chi connectivity index (χ4n) is 2.56. The van der Waals surface area contributed by atoms with Crippen molar-refractivity contribution in [2.24, 2.45) is 0 Å². The smallest absolute Gasteiger partial charge is 0.316 e. The first-order valence-electron chi connectivity index (χ1n) is 8.47. The highest BCUT2D eigenvalue weighted by molar-refractivity contribution is 7.99. The molecule has 3 rings (SSSR count). The molecule has 26 heavy (non-hydrogen) atoms. The van der Waals surface area contributed by atoms with Crippen molar-refractivity contribution < 1.29 is 9.53 Å². The number of benzene rings is 2. The van der Waals surface area contributed by atoms with E-state index in [9.17, 15) is 4.79 Å². The highest BCUT2D eigenvalue weighted by Crippen LogP contribution is 2.28. The van der Waals surface area contributed by atoms with Gasteiger partial charge in [-0.15, -0.1) is 10.2 Å². The summed E-state index contributed by atoms with van der Waals surface area (Å²) in [5.41, 5.74) is 4.37. The van der Waals surface area contributed by atoms with Crippen LogP contribution in [-0.2, 0) is 9.53 Å². The number of hydrogen-bond donors (Lipinski definition) is 0. The van der Waals surface area contributed by atoms with Gasteiger partial charge in [0.05, 0.1) is 18.0 Å². The standard InChI is InChI=1S/C20H21N3O2S/c1-4-25-18(24)13-26-20-22-21-19(16-8-6-5-7-9-16)23(20)17-11-10-14(2)15(3)12-17/h5-12H,4,13H2,1-3H3. The third-order valence-corrected chi connectivity index (χ3v) is 4.94. The van der Waals surface area contributed by atoms with Crippen LogP contribution < -0.4 is 0 Å². The lowest BCUT2D eigenvalue weighted by Crippen LogP contribution is -2.08. The molecule has 0 saturated carbocycles. The molecule has 2 aromatic carbocycles. The zero-order valence-corrected chi connectivity index (χ0v) is 15.9. The summed E-state index contributed by atoms with van der Waals surface area (Å²) in [6, 6.07) is 16.2. The number of esters is 1. The first-order chi connectivity index (χ1) is 12.6. The average molecular weight is 367 g/mol. The van der Waals surface area contributed by atoms with E-state index >= 15 is 0 Å². The van der Waals surface area contributed by atoms with Crippen LogP contribution in [-0.4, -0.2) is 33.1 Å². The molecule has 1 aromatic heterocycles. The van der Waals surface area contributed by atoms with Crippen molar-refractivity contribution in [3.63, 3.8) is 0 Å². The molecule has 1 heterocycles. The van der Waals surface area contributed by atoms with E-state index in [0.29, 0.717) is 11.8 Å². The predicted octanol–water partition coefficient (Wildman–Crippen LogP) is 4.21. The van der Waals surface area contributed by atoms with E-state index in [1.54, 1.807) is 6.92 Å². The lowest BCUT2D eigenvalue weighted by molar-refractivity contribution is -0.139.